The number of fused-ring (bicyclic) bond motifs is 1. The van der Waals surface area contributed by atoms with Crippen molar-refractivity contribution < 1.29 is 4.74 Å². The quantitative estimate of drug-likeness (QED) is 0.685. The summed E-state index contributed by atoms with van der Waals surface area (Å²) >= 11 is 3.35. The summed E-state index contributed by atoms with van der Waals surface area (Å²) < 4.78 is 6.09. The Morgan fingerprint density at radius 1 is 1.55 bits per heavy atom. The highest BCUT2D eigenvalue weighted by molar-refractivity contribution is 9.10. The second-order valence-electron chi connectivity index (χ2n) is 2.35. The number of hydrogen-bond donors (Lipinski definition) is 2. The highest BCUT2D eigenvalue weighted by Crippen LogP contribution is 2.23. The molecule has 4 nitrogen and oxygen atoms in total. The van der Waals surface area contributed by atoms with Crippen molar-refractivity contribution in [3.8, 4) is 0 Å². The van der Waals surface area contributed by atoms with Crippen LogP contribution in [0.2, 0.25) is 0 Å². The predicted octanol–water partition coefficient (Wildman–Crippen LogP) is 1.11. The second kappa shape index (κ2) is 2.83. The summed E-state index contributed by atoms with van der Waals surface area (Å²) in [6, 6.07) is 0. The standard InChI is InChI=1S/C6H8BrN3O/c7-5-4-1-2-11-3-8-6(4)10-9-5/h1-3H2,(H2,8,9,10). The van der Waals surface area contributed by atoms with Gasteiger partial charge in [0.05, 0.1) is 6.61 Å². The molecule has 1 aliphatic rings. The van der Waals surface area contributed by atoms with E-state index < -0.39 is 0 Å². The fourth-order valence-electron chi connectivity index (χ4n) is 1.09. The molecule has 0 amide bonds. The maximum atomic E-state index is 5.21. The van der Waals surface area contributed by atoms with E-state index >= 15 is 0 Å². The zero-order valence-electron chi connectivity index (χ0n) is 5.85. The third-order valence-corrected chi connectivity index (χ3v) is 2.32. The monoisotopic (exact) mass is 217 g/mol. The molecule has 0 radical (unpaired) electrons. The van der Waals surface area contributed by atoms with Crippen LogP contribution in [-0.2, 0) is 11.2 Å². The average molecular weight is 218 g/mol. The number of ether oxygens (including phenoxy) is 1. The van der Waals surface area contributed by atoms with E-state index in [1.54, 1.807) is 0 Å². The number of H-pyrrole nitrogens is 1. The van der Waals surface area contributed by atoms with Crippen molar-refractivity contribution in [3.05, 3.63) is 10.2 Å². The first-order chi connectivity index (χ1) is 5.38. The number of hydrogen-bond acceptors (Lipinski definition) is 3. The Morgan fingerprint density at radius 3 is 3.36 bits per heavy atom. The molecule has 11 heavy (non-hydrogen) atoms. The molecule has 0 saturated carbocycles. The third-order valence-electron chi connectivity index (χ3n) is 1.66. The smallest absolute Gasteiger partial charge is 0.133 e. The van der Waals surface area contributed by atoms with Crippen LogP contribution in [-0.4, -0.2) is 23.5 Å². The van der Waals surface area contributed by atoms with E-state index in [4.69, 9.17) is 4.74 Å². The molecule has 5 heteroatoms. The average Bonchev–Trinajstić information content (AvgIpc) is 2.25. The lowest BCUT2D eigenvalue weighted by molar-refractivity contribution is 0.159. The maximum absolute atomic E-state index is 5.21. The van der Waals surface area contributed by atoms with Crippen molar-refractivity contribution in [2.75, 3.05) is 18.7 Å². The van der Waals surface area contributed by atoms with Crippen LogP contribution in [0.3, 0.4) is 0 Å². The molecule has 0 bridgehead atoms. The molecule has 0 spiro atoms. The Bertz CT molecular complexity index is 260. The van der Waals surface area contributed by atoms with E-state index in [2.05, 4.69) is 31.4 Å². The molecule has 0 aliphatic carbocycles. The van der Waals surface area contributed by atoms with E-state index in [1.807, 2.05) is 0 Å². The number of nitrogens with one attached hydrogen (secondary N) is 2. The summed E-state index contributed by atoms with van der Waals surface area (Å²) in [5.74, 6) is 0.967. The number of halogens is 1. The third kappa shape index (κ3) is 1.25. The highest BCUT2D eigenvalue weighted by atomic mass is 79.9. The van der Waals surface area contributed by atoms with Gasteiger partial charge in [-0.1, -0.05) is 0 Å². The molecule has 0 unspecified atom stereocenters. The Kier molecular flexibility index (Phi) is 1.83. The molecule has 1 aromatic rings. The predicted molar refractivity (Wildman–Crippen MR) is 44.4 cm³/mol. The van der Waals surface area contributed by atoms with Gasteiger partial charge in [-0.05, 0) is 15.9 Å². The van der Waals surface area contributed by atoms with Gasteiger partial charge in [0.25, 0.3) is 0 Å². The fraction of sp³-hybridized carbons (Fsp3) is 0.500. The molecule has 2 heterocycles. The minimum atomic E-state index is 0.557. The van der Waals surface area contributed by atoms with E-state index in [0.717, 1.165) is 23.4 Å². The Balaban J connectivity index is 2.35. The Morgan fingerprint density at radius 2 is 2.45 bits per heavy atom. The summed E-state index contributed by atoms with van der Waals surface area (Å²) in [6.07, 6.45) is 0.902. The molecule has 2 N–H and O–H groups in total. The van der Waals surface area contributed by atoms with Gasteiger partial charge in [0.2, 0.25) is 0 Å². The summed E-state index contributed by atoms with van der Waals surface area (Å²) in [5, 5.41) is 9.97. The topological polar surface area (TPSA) is 49.9 Å². The van der Waals surface area contributed by atoms with Gasteiger partial charge in [-0.3, -0.25) is 5.10 Å². The SMILES string of the molecule is Brc1n[nH]c2c1CCOCN2. The number of anilines is 1. The van der Waals surface area contributed by atoms with Gasteiger partial charge in [0, 0.05) is 12.0 Å². The molecule has 2 rings (SSSR count). The second-order valence-corrected chi connectivity index (χ2v) is 3.10. The zero-order chi connectivity index (χ0) is 7.68. The van der Waals surface area contributed by atoms with Crippen molar-refractivity contribution in [2.24, 2.45) is 0 Å². The number of aromatic amines is 1. The molecule has 1 aliphatic heterocycles. The van der Waals surface area contributed by atoms with Crippen LogP contribution in [0.5, 0.6) is 0 Å². The van der Waals surface area contributed by atoms with Crippen LogP contribution in [0, 0.1) is 0 Å². The first-order valence-electron chi connectivity index (χ1n) is 3.42. The molecule has 1 aromatic heterocycles. The lowest BCUT2D eigenvalue weighted by Crippen LogP contribution is -2.03. The van der Waals surface area contributed by atoms with Crippen molar-refractivity contribution in [3.63, 3.8) is 0 Å². The lowest BCUT2D eigenvalue weighted by atomic mass is 10.2. The van der Waals surface area contributed by atoms with E-state index in [0.29, 0.717) is 6.73 Å². The van der Waals surface area contributed by atoms with Crippen LogP contribution in [0.15, 0.2) is 4.60 Å². The number of rotatable bonds is 0. The highest BCUT2D eigenvalue weighted by Gasteiger charge is 2.12. The van der Waals surface area contributed by atoms with Crippen molar-refractivity contribution in [1.82, 2.24) is 10.2 Å². The Hall–Kier alpha value is -0.550. The largest absolute Gasteiger partial charge is 0.361 e. The van der Waals surface area contributed by atoms with Crippen molar-refractivity contribution in [2.45, 2.75) is 6.42 Å². The van der Waals surface area contributed by atoms with Crippen LogP contribution in [0.1, 0.15) is 5.56 Å². The number of aromatic nitrogens is 2. The normalized spacial score (nSPS) is 16.8. The van der Waals surface area contributed by atoms with Crippen LogP contribution < -0.4 is 5.32 Å². The van der Waals surface area contributed by atoms with Crippen molar-refractivity contribution in [1.29, 1.82) is 0 Å². The zero-order valence-corrected chi connectivity index (χ0v) is 7.44. The summed E-state index contributed by atoms with van der Waals surface area (Å²) in [4.78, 5) is 0. The van der Waals surface area contributed by atoms with Crippen LogP contribution in [0.25, 0.3) is 0 Å². The van der Waals surface area contributed by atoms with Gasteiger partial charge >= 0.3 is 0 Å². The van der Waals surface area contributed by atoms with E-state index in [-0.39, 0.29) is 0 Å². The maximum Gasteiger partial charge on any atom is 0.133 e. The molecule has 0 saturated heterocycles. The molecule has 0 atom stereocenters. The van der Waals surface area contributed by atoms with E-state index in [9.17, 15) is 0 Å². The molecular formula is C6H8BrN3O. The van der Waals surface area contributed by atoms with E-state index in [1.165, 1.54) is 5.56 Å². The first-order valence-corrected chi connectivity index (χ1v) is 4.21. The summed E-state index contributed by atoms with van der Waals surface area (Å²) in [6.45, 7) is 1.31. The fourth-order valence-corrected chi connectivity index (χ4v) is 1.57. The van der Waals surface area contributed by atoms with Gasteiger partial charge in [-0.2, -0.15) is 5.10 Å². The van der Waals surface area contributed by atoms with Gasteiger partial charge < -0.3 is 10.1 Å². The van der Waals surface area contributed by atoms with Crippen molar-refractivity contribution >= 4 is 21.7 Å². The van der Waals surface area contributed by atoms with Crippen LogP contribution in [0.4, 0.5) is 5.82 Å². The summed E-state index contributed by atoms with van der Waals surface area (Å²) in [7, 11) is 0. The first kappa shape index (κ1) is 7.12. The summed E-state index contributed by atoms with van der Waals surface area (Å²) in [5.41, 5.74) is 1.17. The Labute approximate surface area is 72.4 Å². The van der Waals surface area contributed by atoms with Crippen LogP contribution >= 0.6 is 15.9 Å². The minimum Gasteiger partial charge on any atom is -0.361 e. The van der Waals surface area contributed by atoms with Gasteiger partial charge in [-0.25, -0.2) is 0 Å². The minimum absolute atomic E-state index is 0.557. The van der Waals surface area contributed by atoms with Gasteiger partial charge in [-0.15, -0.1) is 0 Å². The molecular weight excluding hydrogens is 210 g/mol. The molecule has 0 fully saturated rings. The van der Waals surface area contributed by atoms with Gasteiger partial charge in [0.1, 0.15) is 17.2 Å². The molecule has 0 aromatic carbocycles. The number of nitrogens with zero attached hydrogens (tertiary/aromatic N) is 1. The lowest BCUT2D eigenvalue weighted by Gasteiger charge is -1.97. The molecule has 60 valence electrons. The van der Waals surface area contributed by atoms with Gasteiger partial charge in [0.15, 0.2) is 0 Å².